The summed E-state index contributed by atoms with van der Waals surface area (Å²) in [6.45, 7) is 3.80. The lowest BCUT2D eigenvalue weighted by atomic mass is 10.2. The topological polar surface area (TPSA) is 83.8 Å². The number of rotatable bonds is 8. The van der Waals surface area contributed by atoms with Gasteiger partial charge >= 0.3 is 0 Å². The molecule has 0 aliphatic carbocycles. The summed E-state index contributed by atoms with van der Waals surface area (Å²) in [6.07, 6.45) is 3.83. The SMILES string of the molecule is CCNC(=O)COc1cccc(CNC(=NC)N(C)Cc2cnn(C)c2)c1.I. The Morgan fingerprint density at radius 1 is 1.32 bits per heavy atom. The van der Waals surface area contributed by atoms with Crippen LogP contribution in [0.1, 0.15) is 18.1 Å². The van der Waals surface area contributed by atoms with Crippen LogP contribution in [0.2, 0.25) is 0 Å². The second-order valence-electron chi connectivity index (χ2n) is 6.17. The van der Waals surface area contributed by atoms with Crippen LogP contribution in [0.15, 0.2) is 41.7 Å². The highest BCUT2D eigenvalue weighted by Gasteiger charge is 2.08. The van der Waals surface area contributed by atoms with Crippen molar-refractivity contribution in [3.63, 3.8) is 0 Å². The molecule has 1 aromatic heterocycles. The zero-order valence-corrected chi connectivity index (χ0v) is 19.1. The average molecular weight is 500 g/mol. The van der Waals surface area contributed by atoms with Gasteiger partial charge in [-0.25, -0.2) is 0 Å². The fourth-order valence-electron chi connectivity index (χ4n) is 2.61. The fourth-order valence-corrected chi connectivity index (χ4v) is 2.61. The minimum absolute atomic E-state index is 0. The number of carbonyl (C=O) groups is 1. The van der Waals surface area contributed by atoms with Crippen molar-refractivity contribution in [2.24, 2.45) is 12.0 Å². The van der Waals surface area contributed by atoms with Crippen molar-refractivity contribution >= 4 is 35.8 Å². The minimum Gasteiger partial charge on any atom is -0.484 e. The van der Waals surface area contributed by atoms with E-state index in [9.17, 15) is 4.79 Å². The molecular weight excluding hydrogens is 471 g/mol. The third-order valence-electron chi connectivity index (χ3n) is 3.84. The molecule has 9 heteroatoms. The number of benzene rings is 1. The molecule has 0 aliphatic heterocycles. The molecule has 0 saturated carbocycles. The van der Waals surface area contributed by atoms with Gasteiger partial charge in [0, 0.05) is 52.5 Å². The molecule has 0 aliphatic rings. The largest absolute Gasteiger partial charge is 0.484 e. The lowest BCUT2D eigenvalue weighted by molar-refractivity contribution is -0.122. The summed E-state index contributed by atoms with van der Waals surface area (Å²) in [7, 11) is 5.64. The number of hydrogen-bond donors (Lipinski definition) is 2. The van der Waals surface area contributed by atoms with Crippen LogP contribution in [0.25, 0.3) is 0 Å². The van der Waals surface area contributed by atoms with Gasteiger partial charge in [0.2, 0.25) is 0 Å². The average Bonchev–Trinajstić information content (AvgIpc) is 3.06. The third-order valence-corrected chi connectivity index (χ3v) is 3.84. The molecular formula is C19H29IN6O2. The normalized spacial score (nSPS) is 10.8. The van der Waals surface area contributed by atoms with Crippen LogP contribution in [-0.4, -0.2) is 53.8 Å². The van der Waals surface area contributed by atoms with Gasteiger partial charge in [0.05, 0.1) is 6.20 Å². The van der Waals surface area contributed by atoms with Crippen LogP contribution >= 0.6 is 24.0 Å². The summed E-state index contributed by atoms with van der Waals surface area (Å²) in [5.74, 6) is 1.32. The van der Waals surface area contributed by atoms with Crippen molar-refractivity contribution in [2.75, 3.05) is 27.2 Å². The summed E-state index contributed by atoms with van der Waals surface area (Å²) in [4.78, 5) is 17.9. The number of aryl methyl sites for hydroxylation is 1. The molecule has 154 valence electrons. The van der Waals surface area contributed by atoms with E-state index < -0.39 is 0 Å². The zero-order chi connectivity index (χ0) is 19.6. The first-order chi connectivity index (χ1) is 13.0. The van der Waals surface area contributed by atoms with Gasteiger partial charge in [0.15, 0.2) is 12.6 Å². The van der Waals surface area contributed by atoms with Crippen molar-refractivity contribution in [3.8, 4) is 5.75 Å². The first-order valence-electron chi connectivity index (χ1n) is 8.89. The van der Waals surface area contributed by atoms with E-state index in [2.05, 4.69) is 20.7 Å². The Kier molecular flexibility index (Phi) is 10.4. The monoisotopic (exact) mass is 500 g/mol. The molecule has 0 bridgehead atoms. The van der Waals surface area contributed by atoms with E-state index in [-0.39, 0.29) is 36.5 Å². The quantitative estimate of drug-likeness (QED) is 0.328. The second-order valence-corrected chi connectivity index (χ2v) is 6.17. The Morgan fingerprint density at radius 2 is 2.11 bits per heavy atom. The summed E-state index contributed by atoms with van der Waals surface area (Å²) >= 11 is 0. The molecule has 8 nitrogen and oxygen atoms in total. The lowest BCUT2D eigenvalue weighted by Gasteiger charge is -2.21. The van der Waals surface area contributed by atoms with Crippen molar-refractivity contribution < 1.29 is 9.53 Å². The highest BCUT2D eigenvalue weighted by Crippen LogP contribution is 2.13. The summed E-state index contributed by atoms with van der Waals surface area (Å²) in [5.41, 5.74) is 2.16. The minimum atomic E-state index is -0.126. The number of nitrogens with one attached hydrogen (secondary N) is 2. The smallest absolute Gasteiger partial charge is 0.257 e. The third kappa shape index (κ3) is 7.75. The standard InChI is InChI=1S/C19H28N6O2.HI/c1-5-21-18(26)14-27-17-8-6-7-15(9-17)10-22-19(20-2)24(3)12-16-11-23-25(4)13-16;/h6-9,11,13H,5,10,12,14H2,1-4H3,(H,20,22)(H,21,26);1H. The van der Waals surface area contributed by atoms with E-state index in [0.717, 1.165) is 17.1 Å². The van der Waals surface area contributed by atoms with Crippen molar-refractivity contribution in [1.82, 2.24) is 25.3 Å². The van der Waals surface area contributed by atoms with Crippen LogP contribution < -0.4 is 15.4 Å². The molecule has 0 atom stereocenters. The van der Waals surface area contributed by atoms with E-state index in [4.69, 9.17) is 4.74 Å². The molecule has 28 heavy (non-hydrogen) atoms. The maximum atomic E-state index is 11.5. The summed E-state index contributed by atoms with van der Waals surface area (Å²) < 4.78 is 7.32. The van der Waals surface area contributed by atoms with Crippen LogP contribution in [0.4, 0.5) is 0 Å². The first-order valence-corrected chi connectivity index (χ1v) is 8.89. The molecule has 0 unspecified atom stereocenters. The zero-order valence-electron chi connectivity index (χ0n) is 16.8. The molecule has 1 amide bonds. The number of ether oxygens (including phenoxy) is 1. The summed E-state index contributed by atoms with van der Waals surface area (Å²) in [5, 5.41) is 10.2. The Bertz CT molecular complexity index is 777. The molecule has 0 fully saturated rings. The molecule has 1 aromatic carbocycles. The maximum Gasteiger partial charge on any atom is 0.257 e. The molecule has 0 spiro atoms. The van der Waals surface area contributed by atoms with Gasteiger partial charge in [-0.3, -0.25) is 14.5 Å². The number of aliphatic imine (C=N–C) groups is 1. The predicted molar refractivity (Wildman–Crippen MR) is 121 cm³/mol. The Balaban J connectivity index is 0.00000392. The lowest BCUT2D eigenvalue weighted by Crippen LogP contribution is -2.38. The number of halogens is 1. The molecule has 1 heterocycles. The van der Waals surface area contributed by atoms with Crippen molar-refractivity contribution in [1.29, 1.82) is 0 Å². The number of carbonyl (C=O) groups excluding carboxylic acids is 1. The van der Waals surface area contributed by atoms with E-state index in [0.29, 0.717) is 25.4 Å². The van der Waals surface area contributed by atoms with Crippen molar-refractivity contribution in [2.45, 2.75) is 20.0 Å². The Morgan fingerprint density at radius 3 is 2.75 bits per heavy atom. The number of nitrogens with zero attached hydrogens (tertiary/aromatic N) is 4. The molecule has 2 aromatic rings. The van der Waals surface area contributed by atoms with Crippen LogP contribution in [0.3, 0.4) is 0 Å². The number of hydrogen-bond acceptors (Lipinski definition) is 4. The van der Waals surface area contributed by atoms with Crippen LogP contribution in [-0.2, 0) is 24.9 Å². The molecule has 2 rings (SSSR count). The van der Waals surface area contributed by atoms with E-state index in [1.54, 1.807) is 11.7 Å². The van der Waals surface area contributed by atoms with Gasteiger partial charge in [-0.1, -0.05) is 12.1 Å². The van der Waals surface area contributed by atoms with E-state index in [1.807, 2.05) is 62.6 Å². The number of likely N-dealkylation sites (N-methyl/N-ethyl adjacent to an activating group) is 1. The Hall–Kier alpha value is -2.30. The van der Waals surface area contributed by atoms with Crippen LogP contribution in [0.5, 0.6) is 5.75 Å². The highest BCUT2D eigenvalue weighted by molar-refractivity contribution is 14.0. The van der Waals surface area contributed by atoms with Gasteiger partial charge in [-0.2, -0.15) is 5.10 Å². The second kappa shape index (κ2) is 12.2. The summed E-state index contributed by atoms with van der Waals surface area (Å²) in [6, 6.07) is 7.67. The first kappa shape index (κ1) is 23.7. The van der Waals surface area contributed by atoms with Crippen LogP contribution in [0, 0.1) is 0 Å². The Labute approximate surface area is 183 Å². The van der Waals surface area contributed by atoms with E-state index >= 15 is 0 Å². The number of guanidine groups is 1. The predicted octanol–water partition coefficient (Wildman–Crippen LogP) is 1.76. The van der Waals surface area contributed by atoms with Gasteiger partial charge < -0.3 is 20.3 Å². The van der Waals surface area contributed by atoms with Crippen molar-refractivity contribution in [3.05, 3.63) is 47.8 Å². The molecule has 0 radical (unpaired) electrons. The maximum absolute atomic E-state index is 11.5. The van der Waals surface area contributed by atoms with Gasteiger partial charge in [-0.15, -0.1) is 24.0 Å². The highest BCUT2D eigenvalue weighted by atomic mass is 127. The molecule has 0 saturated heterocycles. The van der Waals surface area contributed by atoms with Gasteiger partial charge in [0.1, 0.15) is 5.75 Å². The van der Waals surface area contributed by atoms with Gasteiger partial charge in [-0.05, 0) is 24.6 Å². The van der Waals surface area contributed by atoms with Gasteiger partial charge in [0.25, 0.3) is 5.91 Å². The number of aromatic nitrogens is 2. The van der Waals surface area contributed by atoms with E-state index in [1.165, 1.54) is 0 Å². The molecule has 2 N–H and O–H groups in total. The fraction of sp³-hybridized carbons (Fsp3) is 0.421. The number of amides is 1.